The molecule has 2 heterocycles. The third kappa shape index (κ3) is 3.53. The van der Waals surface area contributed by atoms with Gasteiger partial charge in [-0.25, -0.2) is 4.98 Å². The highest BCUT2D eigenvalue weighted by Gasteiger charge is 2.22. The van der Waals surface area contributed by atoms with Crippen LogP contribution in [0.2, 0.25) is 0 Å². The predicted molar refractivity (Wildman–Crippen MR) is 70.2 cm³/mol. The lowest BCUT2D eigenvalue weighted by Crippen LogP contribution is -2.30. The number of amides is 1. The molecular weight excluding hydrogens is 250 g/mol. The van der Waals surface area contributed by atoms with Crippen LogP contribution >= 0.6 is 11.3 Å². The van der Waals surface area contributed by atoms with Crippen LogP contribution in [0.1, 0.15) is 17.7 Å². The van der Waals surface area contributed by atoms with E-state index in [9.17, 15) is 4.79 Å². The number of hydrogen-bond acceptors (Lipinski definition) is 5. The number of carbonyl (C=O) groups is 1. The number of anilines is 1. The second kappa shape index (κ2) is 6.50. The highest BCUT2D eigenvalue weighted by molar-refractivity contribution is 7.16. The highest BCUT2D eigenvalue weighted by Crippen LogP contribution is 2.20. The van der Waals surface area contributed by atoms with E-state index in [1.165, 1.54) is 11.3 Å². The number of aromatic nitrogens is 1. The fourth-order valence-corrected chi connectivity index (χ4v) is 2.38. The van der Waals surface area contributed by atoms with Gasteiger partial charge in [-0.05, 0) is 12.8 Å². The summed E-state index contributed by atoms with van der Waals surface area (Å²) in [6.45, 7) is 1.57. The van der Waals surface area contributed by atoms with Crippen LogP contribution in [0.5, 0.6) is 0 Å². The molecule has 5 nitrogen and oxygen atoms in total. The molecule has 0 aromatic carbocycles. The number of hydrogen-bond donors (Lipinski definition) is 2. The second-order valence-corrected chi connectivity index (χ2v) is 4.97. The maximum atomic E-state index is 11.9. The van der Waals surface area contributed by atoms with E-state index in [2.05, 4.69) is 22.1 Å². The molecule has 0 spiro atoms. The van der Waals surface area contributed by atoms with E-state index in [-0.39, 0.29) is 11.8 Å². The van der Waals surface area contributed by atoms with Gasteiger partial charge in [-0.3, -0.25) is 4.79 Å². The molecule has 1 aliphatic heterocycles. The Morgan fingerprint density at radius 3 is 3.33 bits per heavy atom. The number of nitrogens with zero attached hydrogens (tertiary/aromatic N) is 1. The molecule has 0 saturated carbocycles. The Morgan fingerprint density at radius 2 is 2.61 bits per heavy atom. The standard InChI is InChI=1S/C12H15N3O2S/c13-5-1-4-10-7-14-12(18-10)15-11(16)9-3-2-6-17-8-9/h7,9H,2-3,5-6,8,13H2,(H,14,15,16). The summed E-state index contributed by atoms with van der Waals surface area (Å²) in [6, 6.07) is 0. The van der Waals surface area contributed by atoms with Gasteiger partial charge in [0, 0.05) is 6.61 Å². The number of nitrogens with one attached hydrogen (secondary N) is 1. The van der Waals surface area contributed by atoms with Gasteiger partial charge in [-0.2, -0.15) is 0 Å². The molecule has 96 valence electrons. The Labute approximate surface area is 110 Å². The minimum absolute atomic E-state index is 0.0256. The average Bonchev–Trinajstić information content (AvgIpc) is 2.85. The molecular formula is C12H15N3O2S. The average molecular weight is 265 g/mol. The molecule has 1 fully saturated rings. The predicted octanol–water partition coefficient (Wildman–Crippen LogP) is 0.818. The van der Waals surface area contributed by atoms with Crippen LogP contribution in [-0.2, 0) is 9.53 Å². The fourth-order valence-electron chi connectivity index (χ4n) is 1.68. The summed E-state index contributed by atoms with van der Waals surface area (Å²) >= 11 is 1.35. The van der Waals surface area contributed by atoms with E-state index in [1.807, 2.05) is 0 Å². The maximum absolute atomic E-state index is 11.9. The van der Waals surface area contributed by atoms with Crippen LogP contribution in [0.3, 0.4) is 0 Å². The zero-order valence-electron chi connectivity index (χ0n) is 9.94. The van der Waals surface area contributed by atoms with E-state index < -0.39 is 0 Å². The Hall–Kier alpha value is -1.42. The molecule has 1 aromatic heterocycles. The van der Waals surface area contributed by atoms with Crippen LogP contribution < -0.4 is 11.1 Å². The molecule has 1 amide bonds. The van der Waals surface area contributed by atoms with E-state index in [0.717, 1.165) is 24.3 Å². The van der Waals surface area contributed by atoms with Crippen molar-refractivity contribution in [2.75, 3.05) is 25.1 Å². The number of carbonyl (C=O) groups excluding carboxylic acids is 1. The van der Waals surface area contributed by atoms with Crippen LogP contribution in [0.4, 0.5) is 5.13 Å². The van der Waals surface area contributed by atoms with Gasteiger partial charge in [-0.1, -0.05) is 23.2 Å². The summed E-state index contributed by atoms with van der Waals surface area (Å²) in [4.78, 5) is 16.8. The number of rotatable bonds is 2. The van der Waals surface area contributed by atoms with Crippen molar-refractivity contribution >= 4 is 22.4 Å². The largest absolute Gasteiger partial charge is 0.381 e. The van der Waals surface area contributed by atoms with Crippen LogP contribution in [0, 0.1) is 17.8 Å². The van der Waals surface area contributed by atoms with Gasteiger partial charge in [-0.15, -0.1) is 0 Å². The first-order chi connectivity index (χ1) is 8.79. The third-order valence-electron chi connectivity index (χ3n) is 2.58. The van der Waals surface area contributed by atoms with Crippen molar-refractivity contribution in [3.05, 3.63) is 11.1 Å². The van der Waals surface area contributed by atoms with E-state index >= 15 is 0 Å². The van der Waals surface area contributed by atoms with E-state index in [1.54, 1.807) is 6.20 Å². The summed E-state index contributed by atoms with van der Waals surface area (Å²) in [6.07, 6.45) is 3.44. The Morgan fingerprint density at radius 1 is 1.72 bits per heavy atom. The molecule has 1 saturated heterocycles. The SMILES string of the molecule is NCC#Cc1cnc(NC(=O)C2CCCOC2)s1. The van der Waals surface area contributed by atoms with Crippen molar-refractivity contribution in [3.8, 4) is 11.8 Å². The van der Waals surface area contributed by atoms with Gasteiger partial charge in [0.15, 0.2) is 5.13 Å². The molecule has 0 bridgehead atoms. The lowest BCUT2D eigenvalue weighted by molar-refractivity contribution is -0.123. The van der Waals surface area contributed by atoms with Crippen molar-refractivity contribution in [2.45, 2.75) is 12.8 Å². The topological polar surface area (TPSA) is 77.2 Å². The third-order valence-corrected chi connectivity index (χ3v) is 3.41. The normalized spacial score (nSPS) is 18.8. The van der Waals surface area contributed by atoms with Crippen LogP contribution in [-0.4, -0.2) is 30.6 Å². The Kier molecular flexibility index (Phi) is 4.70. The summed E-state index contributed by atoms with van der Waals surface area (Å²) in [7, 11) is 0. The van der Waals surface area contributed by atoms with Gasteiger partial charge in [0.25, 0.3) is 0 Å². The van der Waals surface area contributed by atoms with E-state index in [4.69, 9.17) is 10.5 Å². The second-order valence-electron chi connectivity index (χ2n) is 3.94. The summed E-state index contributed by atoms with van der Waals surface area (Å²) < 4.78 is 5.29. The molecule has 0 radical (unpaired) electrons. The fraction of sp³-hybridized carbons (Fsp3) is 0.500. The van der Waals surface area contributed by atoms with Gasteiger partial charge in [0.05, 0.1) is 30.1 Å². The first-order valence-electron chi connectivity index (χ1n) is 5.83. The lowest BCUT2D eigenvalue weighted by atomic mass is 10.0. The zero-order chi connectivity index (χ0) is 12.8. The summed E-state index contributed by atoms with van der Waals surface area (Å²) in [5.41, 5.74) is 5.29. The van der Waals surface area contributed by atoms with Crippen molar-refractivity contribution in [2.24, 2.45) is 11.7 Å². The molecule has 6 heteroatoms. The van der Waals surface area contributed by atoms with Crippen LogP contribution in [0.15, 0.2) is 6.20 Å². The lowest BCUT2D eigenvalue weighted by Gasteiger charge is -2.20. The molecule has 18 heavy (non-hydrogen) atoms. The molecule has 2 rings (SSSR count). The van der Waals surface area contributed by atoms with Crippen LogP contribution in [0.25, 0.3) is 0 Å². The number of thiazole rings is 1. The molecule has 3 N–H and O–H groups in total. The summed E-state index contributed by atoms with van der Waals surface area (Å²) in [5, 5.41) is 3.37. The molecule has 1 unspecified atom stereocenters. The number of nitrogens with two attached hydrogens (primary N) is 1. The Balaban J connectivity index is 1.92. The van der Waals surface area contributed by atoms with E-state index in [0.29, 0.717) is 18.3 Å². The molecule has 0 aliphatic carbocycles. The van der Waals surface area contributed by atoms with Gasteiger partial charge in [0.1, 0.15) is 0 Å². The molecule has 1 atom stereocenters. The summed E-state index contributed by atoms with van der Waals surface area (Å²) in [5.74, 6) is 5.54. The van der Waals surface area contributed by atoms with Crippen molar-refractivity contribution in [3.63, 3.8) is 0 Å². The quantitative estimate of drug-likeness (QED) is 0.776. The molecule has 1 aromatic rings. The van der Waals surface area contributed by atoms with Crippen molar-refractivity contribution < 1.29 is 9.53 Å². The van der Waals surface area contributed by atoms with Gasteiger partial charge < -0.3 is 15.8 Å². The van der Waals surface area contributed by atoms with Crippen molar-refractivity contribution in [1.29, 1.82) is 0 Å². The number of ether oxygens (including phenoxy) is 1. The zero-order valence-corrected chi connectivity index (χ0v) is 10.8. The first-order valence-corrected chi connectivity index (χ1v) is 6.64. The van der Waals surface area contributed by atoms with Crippen molar-refractivity contribution in [1.82, 2.24) is 4.98 Å². The maximum Gasteiger partial charge on any atom is 0.231 e. The first kappa shape index (κ1) is 13.0. The smallest absolute Gasteiger partial charge is 0.231 e. The monoisotopic (exact) mass is 265 g/mol. The van der Waals surface area contributed by atoms with Gasteiger partial charge in [0.2, 0.25) is 5.91 Å². The van der Waals surface area contributed by atoms with Gasteiger partial charge >= 0.3 is 0 Å². The highest BCUT2D eigenvalue weighted by atomic mass is 32.1. The minimum Gasteiger partial charge on any atom is -0.381 e. The molecule has 1 aliphatic rings. The Bertz CT molecular complexity index is 469. The minimum atomic E-state index is -0.0683.